The number of oxazole rings is 1. The van der Waals surface area contributed by atoms with Crippen LogP contribution in [0, 0.1) is 6.92 Å². The summed E-state index contributed by atoms with van der Waals surface area (Å²) in [6.45, 7) is 2.48. The molecule has 0 fully saturated rings. The van der Waals surface area contributed by atoms with Gasteiger partial charge in [-0.2, -0.15) is 0 Å². The van der Waals surface area contributed by atoms with Gasteiger partial charge >= 0.3 is 0 Å². The SMILES string of the molecule is COc1ccc(C)c(COc2ccccc2-c2nc3cccnc3o2)c1. The fraction of sp³-hybridized carbons (Fsp3) is 0.143. The summed E-state index contributed by atoms with van der Waals surface area (Å²) in [5.41, 5.74) is 4.25. The van der Waals surface area contributed by atoms with Gasteiger partial charge in [0.1, 0.15) is 23.6 Å². The molecule has 0 unspecified atom stereocenters. The van der Waals surface area contributed by atoms with Gasteiger partial charge in [0, 0.05) is 6.20 Å². The van der Waals surface area contributed by atoms with Crippen molar-refractivity contribution in [3.63, 3.8) is 0 Å². The molecule has 0 amide bonds. The van der Waals surface area contributed by atoms with Crippen molar-refractivity contribution in [1.82, 2.24) is 9.97 Å². The number of pyridine rings is 1. The van der Waals surface area contributed by atoms with Gasteiger partial charge in [0.05, 0.1) is 12.7 Å². The quantitative estimate of drug-likeness (QED) is 0.520. The van der Waals surface area contributed by atoms with Crippen molar-refractivity contribution in [2.75, 3.05) is 7.11 Å². The molecular formula is C21H18N2O3. The van der Waals surface area contributed by atoms with E-state index in [1.54, 1.807) is 13.3 Å². The Bertz CT molecular complexity index is 1020. The van der Waals surface area contributed by atoms with Crippen molar-refractivity contribution in [2.24, 2.45) is 0 Å². The van der Waals surface area contributed by atoms with Crippen molar-refractivity contribution < 1.29 is 13.9 Å². The summed E-state index contributed by atoms with van der Waals surface area (Å²) in [6, 6.07) is 17.4. The smallest absolute Gasteiger partial charge is 0.247 e. The van der Waals surface area contributed by atoms with E-state index >= 15 is 0 Å². The number of fused-ring (bicyclic) bond motifs is 1. The molecule has 130 valence electrons. The second-order valence-corrected chi connectivity index (χ2v) is 5.92. The van der Waals surface area contributed by atoms with Gasteiger partial charge in [0.2, 0.25) is 11.6 Å². The highest BCUT2D eigenvalue weighted by atomic mass is 16.5. The Kier molecular flexibility index (Phi) is 4.27. The third kappa shape index (κ3) is 3.11. The van der Waals surface area contributed by atoms with Crippen LogP contribution < -0.4 is 9.47 Å². The monoisotopic (exact) mass is 346 g/mol. The number of aromatic nitrogens is 2. The van der Waals surface area contributed by atoms with E-state index in [0.717, 1.165) is 28.0 Å². The molecule has 2 heterocycles. The molecule has 2 aromatic carbocycles. The Morgan fingerprint density at radius 1 is 1.04 bits per heavy atom. The number of aryl methyl sites for hydroxylation is 1. The molecule has 26 heavy (non-hydrogen) atoms. The molecule has 0 aliphatic heterocycles. The Labute approximate surface area is 151 Å². The zero-order valence-electron chi connectivity index (χ0n) is 14.6. The lowest BCUT2D eigenvalue weighted by atomic mass is 10.1. The summed E-state index contributed by atoms with van der Waals surface area (Å²) in [4.78, 5) is 8.71. The highest BCUT2D eigenvalue weighted by Crippen LogP contribution is 2.32. The number of para-hydroxylation sites is 1. The molecular weight excluding hydrogens is 328 g/mol. The van der Waals surface area contributed by atoms with Gasteiger partial charge in [0.25, 0.3) is 0 Å². The average molecular weight is 346 g/mol. The highest BCUT2D eigenvalue weighted by Gasteiger charge is 2.14. The van der Waals surface area contributed by atoms with Crippen LogP contribution in [0.5, 0.6) is 11.5 Å². The summed E-state index contributed by atoms with van der Waals surface area (Å²) in [7, 11) is 1.66. The maximum atomic E-state index is 6.08. The number of rotatable bonds is 5. The van der Waals surface area contributed by atoms with Gasteiger partial charge in [-0.3, -0.25) is 0 Å². The third-order valence-electron chi connectivity index (χ3n) is 4.22. The van der Waals surface area contributed by atoms with Gasteiger partial charge in [-0.05, 0) is 54.4 Å². The Morgan fingerprint density at radius 2 is 1.92 bits per heavy atom. The summed E-state index contributed by atoms with van der Waals surface area (Å²) in [5, 5.41) is 0. The number of benzene rings is 2. The van der Waals surface area contributed by atoms with Gasteiger partial charge < -0.3 is 13.9 Å². The molecule has 0 saturated carbocycles. The normalized spacial score (nSPS) is 10.8. The lowest BCUT2D eigenvalue weighted by Gasteiger charge is -2.12. The molecule has 0 radical (unpaired) electrons. The number of nitrogens with zero attached hydrogens (tertiary/aromatic N) is 2. The fourth-order valence-corrected chi connectivity index (χ4v) is 2.74. The Hall–Kier alpha value is -3.34. The first-order valence-corrected chi connectivity index (χ1v) is 8.32. The van der Waals surface area contributed by atoms with Crippen LogP contribution in [-0.4, -0.2) is 17.1 Å². The second kappa shape index (κ2) is 6.88. The second-order valence-electron chi connectivity index (χ2n) is 5.92. The third-order valence-corrected chi connectivity index (χ3v) is 4.22. The minimum absolute atomic E-state index is 0.429. The molecule has 0 atom stereocenters. The van der Waals surface area contributed by atoms with Crippen molar-refractivity contribution in [3.05, 3.63) is 71.9 Å². The van der Waals surface area contributed by atoms with Crippen molar-refractivity contribution >= 4 is 11.2 Å². The molecule has 0 bridgehead atoms. The van der Waals surface area contributed by atoms with Crippen molar-refractivity contribution in [3.8, 4) is 23.0 Å². The van der Waals surface area contributed by atoms with E-state index < -0.39 is 0 Å². The molecule has 0 aliphatic carbocycles. The van der Waals surface area contributed by atoms with Crippen LogP contribution in [0.15, 0.2) is 65.2 Å². The first-order chi connectivity index (χ1) is 12.7. The summed E-state index contributed by atoms with van der Waals surface area (Å²) in [6.07, 6.45) is 1.69. The maximum Gasteiger partial charge on any atom is 0.247 e. The zero-order chi connectivity index (χ0) is 17.9. The zero-order valence-corrected chi connectivity index (χ0v) is 14.6. The van der Waals surface area contributed by atoms with Crippen LogP contribution in [0.1, 0.15) is 11.1 Å². The first-order valence-electron chi connectivity index (χ1n) is 8.32. The summed E-state index contributed by atoms with van der Waals surface area (Å²) in [5.74, 6) is 2.02. The van der Waals surface area contributed by atoms with Crippen LogP contribution in [-0.2, 0) is 6.61 Å². The van der Waals surface area contributed by atoms with E-state index in [1.165, 1.54) is 0 Å². The molecule has 0 aliphatic rings. The standard InChI is InChI=1S/C21H18N2O3/c1-14-9-10-16(24-2)12-15(14)13-25-19-8-4-3-6-17(19)20-23-18-7-5-11-22-21(18)26-20/h3-12H,13H2,1-2H3. The molecule has 0 N–H and O–H groups in total. The predicted octanol–water partition coefficient (Wildman–Crippen LogP) is 4.79. The average Bonchev–Trinajstić information content (AvgIpc) is 3.11. The number of hydrogen-bond acceptors (Lipinski definition) is 5. The number of methoxy groups -OCH3 is 1. The van der Waals surface area contributed by atoms with Gasteiger partial charge in [0.15, 0.2) is 0 Å². The topological polar surface area (TPSA) is 57.4 Å². The van der Waals surface area contributed by atoms with E-state index in [0.29, 0.717) is 24.0 Å². The fourth-order valence-electron chi connectivity index (χ4n) is 2.74. The van der Waals surface area contributed by atoms with Crippen molar-refractivity contribution in [2.45, 2.75) is 13.5 Å². The van der Waals surface area contributed by atoms with E-state index in [9.17, 15) is 0 Å². The summed E-state index contributed by atoms with van der Waals surface area (Å²) < 4.78 is 17.2. The molecule has 4 rings (SSSR count). The molecule has 4 aromatic rings. The largest absolute Gasteiger partial charge is 0.497 e. The van der Waals surface area contributed by atoms with E-state index in [1.807, 2.05) is 54.6 Å². The molecule has 5 heteroatoms. The summed E-state index contributed by atoms with van der Waals surface area (Å²) >= 11 is 0. The van der Waals surface area contributed by atoms with Crippen LogP contribution in [0.2, 0.25) is 0 Å². The molecule has 0 spiro atoms. The van der Waals surface area contributed by atoms with Crippen LogP contribution in [0.4, 0.5) is 0 Å². The highest BCUT2D eigenvalue weighted by molar-refractivity contribution is 5.74. The van der Waals surface area contributed by atoms with Gasteiger partial charge in [-0.1, -0.05) is 18.2 Å². The molecule has 2 aromatic heterocycles. The minimum atomic E-state index is 0.429. The van der Waals surface area contributed by atoms with Crippen LogP contribution in [0.25, 0.3) is 22.7 Å². The van der Waals surface area contributed by atoms with Crippen LogP contribution >= 0.6 is 0 Å². The molecule has 0 saturated heterocycles. The number of hydrogen-bond donors (Lipinski definition) is 0. The van der Waals surface area contributed by atoms with Crippen molar-refractivity contribution in [1.29, 1.82) is 0 Å². The van der Waals surface area contributed by atoms with E-state index in [2.05, 4.69) is 16.9 Å². The van der Waals surface area contributed by atoms with Gasteiger partial charge in [-0.15, -0.1) is 0 Å². The number of ether oxygens (including phenoxy) is 2. The lowest BCUT2D eigenvalue weighted by molar-refractivity contribution is 0.305. The lowest BCUT2D eigenvalue weighted by Crippen LogP contribution is -2.00. The Balaban J connectivity index is 1.64. The Morgan fingerprint density at radius 3 is 2.77 bits per heavy atom. The maximum absolute atomic E-state index is 6.08. The molecule has 5 nitrogen and oxygen atoms in total. The van der Waals surface area contributed by atoms with Crippen LogP contribution in [0.3, 0.4) is 0 Å². The van der Waals surface area contributed by atoms with Gasteiger partial charge in [-0.25, -0.2) is 9.97 Å². The van der Waals surface area contributed by atoms with E-state index in [4.69, 9.17) is 13.9 Å². The predicted molar refractivity (Wildman–Crippen MR) is 99.3 cm³/mol. The van der Waals surface area contributed by atoms with E-state index in [-0.39, 0.29) is 0 Å². The first kappa shape index (κ1) is 16.1. The minimum Gasteiger partial charge on any atom is -0.497 e.